The maximum absolute atomic E-state index is 3.55. The van der Waals surface area contributed by atoms with Crippen LogP contribution in [0.5, 0.6) is 0 Å². The molecular formula is C13H19Br2N. The summed E-state index contributed by atoms with van der Waals surface area (Å²) in [5.41, 5.74) is 2.66. The van der Waals surface area contributed by atoms with Gasteiger partial charge in [0.15, 0.2) is 0 Å². The van der Waals surface area contributed by atoms with Crippen molar-refractivity contribution < 1.29 is 0 Å². The number of anilines is 1. The van der Waals surface area contributed by atoms with Crippen LogP contribution in [-0.4, -0.2) is 13.1 Å². The Labute approximate surface area is 115 Å². The van der Waals surface area contributed by atoms with Gasteiger partial charge in [-0.15, -0.1) is 0 Å². The van der Waals surface area contributed by atoms with Crippen molar-refractivity contribution in [3.63, 3.8) is 0 Å². The van der Waals surface area contributed by atoms with Gasteiger partial charge >= 0.3 is 0 Å². The van der Waals surface area contributed by atoms with Crippen molar-refractivity contribution in [2.45, 2.75) is 38.1 Å². The van der Waals surface area contributed by atoms with Gasteiger partial charge in [-0.25, -0.2) is 0 Å². The second kappa shape index (κ2) is 6.65. The molecule has 1 aromatic rings. The first kappa shape index (κ1) is 14.0. The molecule has 0 aliphatic carbocycles. The summed E-state index contributed by atoms with van der Waals surface area (Å²) in [6.45, 7) is 4.49. The van der Waals surface area contributed by atoms with E-state index in [1.165, 1.54) is 24.1 Å². The number of benzene rings is 1. The van der Waals surface area contributed by atoms with Crippen LogP contribution >= 0.6 is 31.9 Å². The van der Waals surface area contributed by atoms with E-state index in [9.17, 15) is 0 Å². The molecule has 3 heteroatoms. The molecular weight excluding hydrogens is 330 g/mol. The number of rotatable bonds is 5. The topological polar surface area (TPSA) is 3.24 Å². The normalized spacial score (nSPS) is 10.9. The predicted octanol–water partition coefficient (Wildman–Crippen LogP) is 4.97. The smallest absolute Gasteiger partial charge is 0.0418 e. The van der Waals surface area contributed by atoms with Gasteiger partial charge < -0.3 is 4.90 Å². The van der Waals surface area contributed by atoms with Crippen molar-refractivity contribution in [3.8, 4) is 0 Å². The number of hydrogen-bond donors (Lipinski definition) is 0. The van der Waals surface area contributed by atoms with Gasteiger partial charge in [0.2, 0.25) is 0 Å². The van der Waals surface area contributed by atoms with Gasteiger partial charge in [0.25, 0.3) is 0 Å². The highest BCUT2D eigenvalue weighted by molar-refractivity contribution is 9.10. The Balaban J connectivity index is 3.04. The standard InChI is InChI=1S/C13H19Br2N/c1-4-12(5-2)16(3)13-8-11(15)7-6-10(13)9-14/h6-8,12H,4-5,9H2,1-3H3. The maximum Gasteiger partial charge on any atom is 0.0418 e. The Morgan fingerprint density at radius 1 is 1.25 bits per heavy atom. The van der Waals surface area contributed by atoms with Crippen LogP contribution in [0.25, 0.3) is 0 Å². The second-order valence-corrected chi connectivity index (χ2v) is 5.46. The van der Waals surface area contributed by atoms with Crippen molar-refractivity contribution in [2.24, 2.45) is 0 Å². The van der Waals surface area contributed by atoms with Crippen LogP contribution < -0.4 is 4.90 Å². The van der Waals surface area contributed by atoms with E-state index in [-0.39, 0.29) is 0 Å². The summed E-state index contributed by atoms with van der Waals surface area (Å²) in [5, 5.41) is 0.903. The lowest BCUT2D eigenvalue weighted by Gasteiger charge is -2.30. The van der Waals surface area contributed by atoms with Gasteiger partial charge in [-0.2, -0.15) is 0 Å². The summed E-state index contributed by atoms with van der Waals surface area (Å²) in [5.74, 6) is 0. The summed E-state index contributed by atoms with van der Waals surface area (Å²) in [4.78, 5) is 2.39. The number of nitrogens with zero attached hydrogens (tertiary/aromatic N) is 1. The molecule has 0 heterocycles. The molecule has 0 unspecified atom stereocenters. The Morgan fingerprint density at radius 3 is 2.38 bits per heavy atom. The summed E-state index contributed by atoms with van der Waals surface area (Å²) in [6, 6.07) is 7.09. The zero-order chi connectivity index (χ0) is 12.1. The van der Waals surface area contributed by atoms with Gasteiger partial charge in [-0.1, -0.05) is 51.8 Å². The molecule has 0 aliphatic heterocycles. The molecule has 1 nitrogen and oxygen atoms in total. The Morgan fingerprint density at radius 2 is 1.88 bits per heavy atom. The molecule has 0 radical (unpaired) electrons. The minimum absolute atomic E-state index is 0.618. The zero-order valence-electron chi connectivity index (χ0n) is 10.1. The predicted molar refractivity (Wildman–Crippen MR) is 79.5 cm³/mol. The van der Waals surface area contributed by atoms with Gasteiger partial charge in [0, 0.05) is 28.6 Å². The Kier molecular flexibility index (Phi) is 5.84. The molecule has 0 saturated carbocycles. The molecule has 16 heavy (non-hydrogen) atoms. The Hall–Kier alpha value is -0.0200. The molecule has 0 aliphatic rings. The van der Waals surface area contributed by atoms with E-state index in [4.69, 9.17) is 0 Å². The molecule has 0 N–H and O–H groups in total. The quantitative estimate of drug-likeness (QED) is 0.679. The second-order valence-electron chi connectivity index (χ2n) is 3.99. The third kappa shape index (κ3) is 3.24. The van der Waals surface area contributed by atoms with Crippen LogP contribution in [0.4, 0.5) is 5.69 Å². The van der Waals surface area contributed by atoms with Crippen LogP contribution in [0, 0.1) is 0 Å². The first-order valence-electron chi connectivity index (χ1n) is 5.71. The highest BCUT2D eigenvalue weighted by Crippen LogP contribution is 2.28. The zero-order valence-corrected chi connectivity index (χ0v) is 13.3. The molecule has 1 rings (SSSR count). The van der Waals surface area contributed by atoms with Crippen molar-refractivity contribution in [1.82, 2.24) is 0 Å². The van der Waals surface area contributed by atoms with E-state index >= 15 is 0 Å². The van der Waals surface area contributed by atoms with Gasteiger partial charge in [0.05, 0.1) is 0 Å². The fraction of sp³-hybridized carbons (Fsp3) is 0.538. The average molecular weight is 349 g/mol. The number of halogens is 2. The number of alkyl halides is 1. The van der Waals surface area contributed by atoms with Crippen LogP contribution in [0.15, 0.2) is 22.7 Å². The maximum atomic E-state index is 3.55. The fourth-order valence-electron chi connectivity index (χ4n) is 2.01. The molecule has 90 valence electrons. The highest BCUT2D eigenvalue weighted by atomic mass is 79.9. The van der Waals surface area contributed by atoms with Crippen molar-refractivity contribution >= 4 is 37.5 Å². The summed E-state index contributed by atoms with van der Waals surface area (Å²) in [6.07, 6.45) is 2.36. The van der Waals surface area contributed by atoms with Crippen LogP contribution in [0.2, 0.25) is 0 Å². The summed E-state index contributed by atoms with van der Waals surface area (Å²) in [7, 11) is 2.19. The molecule has 0 spiro atoms. The molecule has 0 saturated heterocycles. The van der Waals surface area contributed by atoms with Crippen LogP contribution in [0.1, 0.15) is 32.3 Å². The van der Waals surface area contributed by atoms with Crippen molar-refractivity contribution in [2.75, 3.05) is 11.9 Å². The highest BCUT2D eigenvalue weighted by Gasteiger charge is 2.14. The lowest BCUT2D eigenvalue weighted by atomic mass is 10.1. The number of hydrogen-bond acceptors (Lipinski definition) is 1. The fourth-order valence-corrected chi connectivity index (χ4v) is 2.83. The van der Waals surface area contributed by atoms with Gasteiger partial charge in [0.1, 0.15) is 0 Å². The van der Waals surface area contributed by atoms with Crippen molar-refractivity contribution in [3.05, 3.63) is 28.2 Å². The molecule has 0 bridgehead atoms. The summed E-state index contributed by atoms with van der Waals surface area (Å²) < 4.78 is 1.14. The van der Waals surface area contributed by atoms with E-state index < -0.39 is 0 Å². The van der Waals surface area contributed by atoms with E-state index in [0.717, 1.165) is 9.80 Å². The minimum Gasteiger partial charge on any atom is -0.371 e. The van der Waals surface area contributed by atoms with Gasteiger partial charge in [-0.3, -0.25) is 0 Å². The monoisotopic (exact) mass is 347 g/mol. The van der Waals surface area contributed by atoms with Crippen LogP contribution in [0.3, 0.4) is 0 Å². The van der Waals surface area contributed by atoms with E-state index in [2.05, 4.69) is 75.9 Å². The molecule has 0 amide bonds. The average Bonchev–Trinajstić information content (AvgIpc) is 2.30. The van der Waals surface area contributed by atoms with E-state index in [1.807, 2.05) is 0 Å². The lowest BCUT2D eigenvalue weighted by molar-refractivity contribution is 0.590. The lowest BCUT2D eigenvalue weighted by Crippen LogP contribution is -2.31. The van der Waals surface area contributed by atoms with E-state index in [1.54, 1.807) is 0 Å². The third-order valence-electron chi connectivity index (χ3n) is 3.06. The summed E-state index contributed by atoms with van der Waals surface area (Å²) >= 11 is 7.10. The Bertz CT molecular complexity index is 335. The van der Waals surface area contributed by atoms with Gasteiger partial charge in [-0.05, 0) is 30.5 Å². The van der Waals surface area contributed by atoms with Crippen molar-refractivity contribution in [1.29, 1.82) is 0 Å². The molecule has 1 aromatic carbocycles. The molecule has 0 aromatic heterocycles. The molecule has 0 atom stereocenters. The largest absolute Gasteiger partial charge is 0.371 e. The SMILES string of the molecule is CCC(CC)N(C)c1cc(Br)ccc1CBr. The van der Waals surface area contributed by atoms with Crippen LogP contribution in [-0.2, 0) is 5.33 Å². The van der Waals surface area contributed by atoms with E-state index in [0.29, 0.717) is 6.04 Å². The molecule has 0 fully saturated rings. The minimum atomic E-state index is 0.618. The first-order valence-corrected chi connectivity index (χ1v) is 7.62. The third-order valence-corrected chi connectivity index (χ3v) is 4.16. The first-order chi connectivity index (χ1) is 7.63.